The molecule has 2 amide bonds. The van der Waals surface area contributed by atoms with Crippen LogP contribution in [0.1, 0.15) is 25.5 Å². The summed E-state index contributed by atoms with van der Waals surface area (Å²) < 4.78 is 19.4. The monoisotopic (exact) mass is 330 g/mol. The Hall–Kier alpha value is -1.37. The van der Waals surface area contributed by atoms with E-state index in [2.05, 4.69) is 5.32 Å². The number of ether oxygens (including phenoxy) is 1. The fourth-order valence-electron chi connectivity index (χ4n) is 2.58. The minimum atomic E-state index is -0.563. The third-order valence-electron chi connectivity index (χ3n) is 3.59. The number of nitrogens with zero attached hydrogens (tertiary/aromatic N) is 1. The van der Waals surface area contributed by atoms with Crippen molar-refractivity contribution in [3.8, 4) is 0 Å². The summed E-state index contributed by atoms with van der Waals surface area (Å²) >= 11 is 6.00. The van der Waals surface area contributed by atoms with Gasteiger partial charge in [0.2, 0.25) is 0 Å². The molecule has 0 aliphatic carbocycles. The Morgan fingerprint density at radius 2 is 2.32 bits per heavy atom. The van der Waals surface area contributed by atoms with Crippen LogP contribution in [-0.2, 0) is 4.74 Å². The highest BCUT2D eigenvalue weighted by molar-refractivity contribution is 6.31. The summed E-state index contributed by atoms with van der Waals surface area (Å²) in [5.41, 5.74) is 0.262. The first-order chi connectivity index (χ1) is 10.4. The number of hydrogen-bond acceptors (Lipinski definition) is 3. The standard InChI is InChI=1S/C15H20ClFN2O3/c1-9-6-19(7-11(8-20)22-9)15(21)18-10(2)14-12(16)4-3-5-13(14)17/h3-5,9-11,20H,6-8H2,1-2H3,(H,18,21)/t9-,10-,11-/m1/s1. The zero-order chi connectivity index (χ0) is 16.3. The fraction of sp³-hybridized carbons (Fsp3) is 0.533. The average molecular weight is 331 g/mol. The van der Waals surface area contributed by atoms with Gasteiger partial charge in [0.15, 0.2) is 0 Å². The molecule has 2 N–H and O–H groups in total. The van der Waals surface area contributed by atoms with Gasteiger partial charge < -0.3 is 20.1 Å². The maximum atomic E-state index is 13.9. The van der Waals surface area contributed by atoms with Gasteiger partial charge in [-0.1, -0.05) is 17.7 Å². The van der Waals surface area contributed by atoms with E-state index in [0.717, 1.165) is 0 Å². The highest BCUT2D eigenvalue weighted by Crippen LogP contribution is 2.25. The van der Waals surface area contributed by atoms with Crippen LogP contribution in [0.5, 0.6) is 0 Å². The van der Waals surface area contributed by atoms with E-state index in [1.165, 1.54) is 12.1 Å². The van der Waals surface area contributed by atoms with E-state index in [4.69, 9.17) is 16.3 Å². The second-order valence-corrected chi connectivity index (χ2v) is 5.87. The Kier molecular flexibility index (Phi) is 5.61. The first kappa shape index (κ1) is 17.0. The van der Waals surface area contributed by atoms with Gasteiger partial charge in [0.1, 0.15) is 5.82 Å². The Balaban J connectivity index is 2.05. The van der Waals surface area contributed by atoms with Crippen molar-refractivity contribution < 1.29 is 19.0 Å². The van der Waals surface area contributed by atoms with Gasteiger partial charge in [-0.25, -0.2) is 9.18 Å². The first-order valence-electron chi connectivity index (χ1n) is 7.18. The molecule has 0 radical (unpaired) electrons. The second-order valence-electron chi connectivity index (χ2n) is 5.46. The van der Waals surface area contributed by atoms with Gasteiger partial charge >= 0.3 is 6.03 Å². The van der Waals surface area contributed by atoms with Crippen molar-refractivity contribution in [1.29, 1.82) is 0 Å². The number of hydrogen-bond donors (Lipinski definition) is 2. The van der Waals surface area contributed by atoms with Gasteiger partial charge in [-0.15, -0.1) is 0 Å². The molecule has 1 aromatic rings. The molecular formula is C15H20ClFN2O3. The van der Waals surface area contributed by atoms with E-state index in [1.807, 2.05) is 6.92 Å². The third kappa shape index (κ3) is 3.88. The van der Waals surface area contributed by atoms with E-state index >= 15 is 0 Å². The Morgan fingerprint density at radius 3 is 2.95 bits per heavy atom. The number of aliphatic hydroxyl groups excluding tert-OH is 1. The van der Waals surface area contributed by atoms with Gasteiger partial charge in [0.25, 0.3) is 0 Å². The maximum Gasteiger partial charge on any atom is 0.318 e. The summed E-state index contributed by atoms with van der Waals surface area (Å²) in [6.45, 7) is 4.07. The van der Waals surface area contributed by atoms with Crippen LogP contribution in [0.15, 0.2) is 18.2 Å². The van der Waals surface area contributed by atoms with Crippen molar-refractivity contribution in [1.82, 2.24) is 10.2 Å². The lowest BCUT2D eigenvalue weighted by atomic mass is 10.1. The summed E-state index contributed by atoms with van der Waals surface area (Å²) in [6, 6.07) is 3.52. The molecule has 1 aliphatic heterocycles. The molecule has 3 atom stereocenters. The lowest BCUT2D eigenvalue weighted by molar-refractivity contribution is -0.0835. The largest absolute Gasteiger partial charge is 0.394 e. The Labute approximate surface area is 134 Å². The highest BCUT2D eigenvalue weighted by atomic mass is 35.5. The molecule has 0 unspecified atom stereocenters. The van der Waals surface area contributed by atoms with Gasteiger partial charge in [0.05, 0.1) is 31.4 Å². The van der Waals surface area contributed by atoms with Crippen LogP contribution in [0.2, 0.25) is 5.02 Å². The summed E-state index contributed by atoms with van der Waals surface area (Å²) in [7, 11) is 0. The second kappa shape index (κ2) is 7.26. The number of benzene rings is 1. The predicted octanol–water partition coefficient (Wildman–Crippen LogP) is 2.33. The molecule has 5 nitrogen and oxygen atoms in total. The number of morpholine rings is 1. The molecule has 1 saturated heterocycles. The number of amides is 2. The Bertz CT molecular complexity index is 523. The quantitative estimate of drug-likeness (QED) is 0.894. The number of urea groups is 1. The molecule has 1 aliphatic rings. The Morgan fingerprint density at radius 1 is 1.59 bits per heavy atom. The minimum absolute atomic E-state index is 0.150. The molecule has 1 fully saturated rings. The van der Waals surface area contributed by atoms with Crippen molar-refractivity contribution in [2.45, 2.75) is 32.1 Å². The molecule has 0 bridgehead atoms. The number of halogens is 2. The summed E-state index contributed by atoms with van der Waals surface area (Å²) in [5, 5.41) is 12.2. The summed E-state index contributed by atoms with van der Waals surface area (Å²) in [4.78, 5) is 13.9. The predicted molar refractivity (Wildman–Crippen MR) is 81.4 cm³/mol. The van der Waals surface area contributed by atoms with E-state index in [0.29, 0.717) is 13.1 Å². The van der Waals surface area contributed by atoms with Crippen molar-refractivity contribution >= 4 is 17.6 Å². The molecular weight excluding hydrogens is 311 g/mol. The van der Waals surface area contributed by atoms with Gasteiger partial charge in [-0.2, -0.15) is 0 Å². The summed E-state index contributed by atoms with van der Waals surface area (Å²) in [6.07, 6.45) is -0.564. The van der Waals surface area contributed by atoms with Gasteiger partial charge in [-0.05, 0) is 26.0 Å². The van der Waals surface area contributed by atoms with E-state index < -0.39 is 18.0 Å². The van der Waals surface area contributed by atoms with Crippen LogP contribution in [-0.4, -0.2) is 47.9 Å². The molecule has 0 aromatic heterocycles. The first-order valence-corrected chi connectivity index (χ1v) is 7.55. The SMILES string of the molecule is C[C@@H]1CN(C(=O)N[C@H](C)c2c(F)cccc2Cl)C[C@H](CO)O1. The topological polar surface area (TPSA) is 61.8 Å². The molecule has 7 heteroatoms. The van der Waals surface area contributed by atoms with Crippen LogP contribution in [0.4, 0.5) is 9.18 Å². The zero-order valence-corrected chi connectivity index (χ0v) is 13.3. The molecule has 0 spiro atoms. The van der Waals surface area contributed by atoms with E-state index in [-0.39, 0.29) is 29.3 Å². The number of aliphatic hydroxyl groups is 1. The van der Waals surface area contributed by atoms with Crippen LogP contribution in [0.25, 0.3) is 0 Å². The van der Waals surface area contributed by atoms with Crippen molar-refractivity contribution in [3.63, 3.8) is 0 Å². The van der Waals surface area contributed by atoms with Crippen LogP contribution in [0, 0.1) is 5.82 Å². The minimum Gasteiger partial charge on any atom is -0.394 e. The number of nitrogens with one attached hydrogen (secondary N) is 1. The normalized spacial score (nSPS) is 23.2. The van der Waals surface area contributed by atoms with E-state index in [1.54, 1.807) is 17.9 Å². The lowest BCUT2D eigenvalue weighted by Crippen LogP contribution is -2.53. The lowest BCUT2D eigenvalue weighted by Gasteiger charge is -2.36. The number of rotatable bonds is 3. The third-order valence-corrected chi connectivity index (χ3v) is 3.92. The van der Waals surface area contributed by atoms with Gasteiger partial charge in [-0.3, -0.25) is 0 Å². The van der Waals surface area contributed by atoms with Crippen molar-refractivity contribution in [3.05, 3.63) is 34.6 Å². The van der Waals surface area contributed by atoms with E-state index in [9.17, 15) is 14.3 Å². The van der Waals surface area contributed by atoms with Crippen molar-refractivity contribution in [2.75, 3.05) is 19.7 Å². The molecule has 2 rings (SSSR count). The van der Waals surface area contributed by atoms with Crippen LogP contribution >= 0.6 is 11.6 Å². The molecule has 1 aromatic carbocycles. The fourth-order valence-corrected chi connectivity index (χ4v) is 2.91. The maximum absolute atomic E-state index is 13.9. The molecule has 1 heterocycles. The number of carbonyl (C=O) groups is 1. The highest BCUT2D eigenvalue weighted by Gasteiger charge is 2.29. The smallest absolute Gasteiger partial charge is 0.318 e. The molecule has 122 valence electrons. The summed E-state index contributed by atoms with van der Waals surface area (Å²) in [5.74, 6) is -0.455. The van der Waals surface area contributed by atoms with Crippen molar-refractivity contribution in [2.24, 2.45) is 0 Å². The molecule has 0 saturated carbocycles. The average Bonchev–Trinajstić information content (AvgIpc) is 2.46. The number of carbonyl (C=O) groups excluding carboxylic acids is 1. The zero-order valence-electron chi connectivity index (χ0n) is 12.6. The van der Waals surface area contributed by atoms with Gasteiger partial charge in [0, 0.05) is 17.1 Å². The van der Waals surface area contributed by atoms with Crippen LogP contribution < -0.4 is 5.32 Å². The van der Waals surface area contributed by atoms with Crippen LogP contribution in [0.3, 0.4) is 0 Å². The molecule has 22 heavy (non-hydrogen) atoms.